The fourth-order valence-corrected chi connectivity index (χ4v) is 3.95. The van der Waals surface area contributed by atoms with Gasteiger partial charge < -0.3 is 31.4 Å². The maximum Gasteiger partial charge on any atom is 0.408 e. The lowest BCUT2D eigenvalue weighted by molar-refractivity contribution is -0.133. The molecule has 0 unspecified atom stereocenters. The molecule has 0 fully saturated rings. The van der Waals surface area contributed by atoms with E-state index in [1.807, 2.05) is 38.1 Å². The lowest BCUT2D eigenvalue weighted by atomic mass is 9.99. The SMILES string of the molecule is CC(C)C[C@@H](NC(=O)[C@@H](NC(=O)[C@@H](Cc1c[nH]c2ccccc12)NC(=O)OC(C)(C)C)C(C)C)C(N)=O. The molecule has 1 aromatic carbocycles. The van der Waals surface area contributed by atoms with Gasteiger partial charge in [0.05, 0.1) is 0 Å². The lowest BCUT2D eigenvalue weighted by Gasteiger charge is -2.28. The molecule has 10 nitrogen and oxygen atoms in total. The summed E-state index contributed by atoms with van der Waals surface area (Å²) in [6.07, 6.45) is 1.59. The van der Waals surface area contributed by atoms with Crippen LogP contribution in [0, 0.1) is 11.8 Å². The van der Waals surface area contributed by atoms with Crippen LogP contribution in [0.5, 0.6) is 0 Å². The van der Waals surface area contributed by atoms with Gasteiger partial charge in [-0.2, -0.15) is 0 Å². The topological polar surface area (TPSA) is 155 Å². The molecule has 1 aromatic heterocycles. The van der Waals surface area contributed by atoms with Crippen molar-refractivity contribution in [3.05, 3.63) is 36.0 Å². The molecule has 0 aliphatic carbocycles. The predicted octanol–water partition coefficient (Wildman–Crippen LogP) is 2.76. The van der Waals surface area contributed by atoms with Crippen molar-refractivity contribution < 1.29 is 23.9 Å². The van der Waals surface area contributed by atoms with Crippen molar-refractivity contribution in [2.24, 2.45) is 17.6 Å². The van der Waals surface area contributed by atoms with E-state index in [4.69, 9.17) is 10.5 Å². The first-order valence-electron chi connectivity index (χ1n) is 12.6. The number of amides is 4. The summed E-state index contributed by atoms with van der Waals surface area (Å²) in [6.45, 7) is 12.6. The minimum atomic E-state index is -1.02. The van der Waals surface area contributed by atoms with Crippen LogP contribution in [0.3, 0.4) is 0 Å². The summed E-state index contributed by atoms with van der Waals surface area (Å²) in [4.78, 5) is 54.2. The molecule has 10 heteroatoms. The Morgan fingerprint density at radius 2 is 1.59 bits per heavy atom. The Hall–Kier alpha value is -3.56. The van der Waals surface area contributed by atoms with Crippen LogP contribution < -0.4 is 21.7 Å². The largest absolute Gasteiger partial charge is 0.444 e. The maximum absolute atomic E-state index is 13.5. The summed E-state index contributed by atoms with van der Waals surface area (Å²) in [5.41, 5.74) is 6.44. The number of para-hydroxylation sites is 1. The van der Waals surface area contributed by atoms with Crippen molar-refractivity contribution in [1.29, 1.82) is 0 Å². The van der Waals surface area contributed by atoms with Crippen molar-refractivity contribution in [2.75, 3.05) is 0 Å². The van der Waals surface area contributed by atoms with Gasteiger partial charge >= 0.3 is 6.09 Å². The minimum Gasteiger partial charge on any atom is -0.444 e. The normalized spacial score (nSPS) is 14.2. The molecule has 0 aliphatic rings. The van der Waals surface area contributed by atoms with Crippen LogP contribution in [0.25, 0.3) is 10.9 Å². The highest BCUT2D eigenvalue weighted by atomic mass is 16.6. The van der Waals surface area contributed by atoms with E-state index in [9.17, 15) is 19.2 Å². The Labute approximate surface area is 218 Å². The number of benzene rings is 1. The third-order valence-corrected chi connectivity index (χ3v) is 5.72. The minimum absolute atomic E-state index is 0.128. The molecule has 2 aromatic rings. The highest BCUT2D eigenvalue weighted by Crippen LogP contribution is 2.20. The van der Waals surface area contributed by atoms with Gasteiger partial charge in [0, 0.05) is 23.5 Å². The number of H-pyrrole nitrogens is 1. The number of aromatic nitrogens is 1. The van der Waals surface area contributed by atoms with Crippen LogP contribution in [0.2, 0.25) is 0 Å². The van der Waals surface area contributed by atoms with Crippen LogP contribution in [0.4, 0.5) is 4.79 Å². The second-order valence-electron chi connectivity index (χ2n) is 11.1. The molecule has 0 aliphatic heterocycles. The predicted molar refractivity (Wildman–Crippen MR) is 143 cm³/mol. The summed E-state index contributed by atoms with van der Waals surface area (Å²) in [5.74, 6) is -1.88. The number of hydrogen-bond donors (Lipinski definition) is 5. The van der Waals surface area contributed by atoms with Gasteiger partial charge in [0.25, 0.3) is 0 Å². The molecule has 0 radical (unpaired) electrons. The van der Waals surface area contributed by atoms with Gasteiger partial charge in [-0.3, -0.25) is 14.4 Å². The number of primary amides is 1. The smallest absolute Gasteiger partial charge is 0.408 e. The molecule has 0 saturated carbocycles. The van der Waals surface area contributed by atoms with Crippen molar-refractivity contribution >= 4 is 34.7 Å². The van der Waals surface area contributed by atoms with Crippen LogP contribution in [-0.4, -0.2) is 52.5 Å². The molecule has 0 saturated heterocycles. The van der Waals surface area contributed by atoms with E-state index in [1.165, 1.54) is 0 Å². The third kappa shape index (κ3) is 9.11. The van der Waals surface area contributed by atoms with Gasteiger partial charge in [-0.25, -0.2) is 4.79 Å². The van der Waals surface area contributed by atoms with E-state index in [0.717, 1.165) is 16.5 Å². The molecule has 3 atom stereocenters. The van der Waals surface area contributed by atoms with Gasteiger partial charge in [0.2, 0.25) is 17.7 Å². The molecule has 4 amide bonds. The van der Waals surface area contributed by atoms with Gasteiger partial charge in [-0.15, -0.1) is 0 Å². The van der Waals surface area contributed by atoms with E-state index in [1.54, 1.807) is 40.8 Å². The Kier molecular flexibility index (Phi) is 10.1. The first kappa shape index (κ1) is 29.7. The van der Waals surface area contributed by atoms with Crippen molar-refractivity contribution in [3.63, 3.8) is 0 Å². The van der Waals surface area contributed by atoms with Crippen LogP contribution >= 0.6 is 0 Å². The van der Waals surface area contributed by atoms with Crippen molar-refractivity contribution in [1.82, 2.24) is 20.9 Å². The molecule has 37 heavy (non-hydrogen) atoms. The van der Waals surface area contributed by atoms with Gasteiger partial charge in [0.1, 0.15) is 23.7 Å². The Morgan fingerprint density at radius 3 is 2.16 bits per heavy atom. The number of alkyl carbamates (subject to hydrolysis) is 1. The number of nitrogens with one attached hydrogen (secondary N) is 4. The molecule has 0 bridgehead atoms. The molecule has 6 N–H and O–H groups in total. The molecule has 0 spiro atoms. The Bertz CT molecular complexity index is 1100. The van der Waals surface area contributed by atoms with Crippen LogP contribution in [-0.2, 0) is 25.5 Å². The van der Waals surface area contributed by atoms with Gasteiger partial charge in [-0.1, -0.05) is 45.9 Å². The average molecular weight is 516 g/mol. The fourth-order valence-electron chi connectivity index (χ4n) is 3.95. The fraction of sp³-hybridized carbons (Fsp3) is 0.556. The number of carbonyl (C=O) groups is 4. The number of nitrogens with two attached hydrogens (primary N) is 1. The highest BCUT2D eigenvalue weighted by Gasteiger charge is 2.32. The number of aromatic amines is 1. The Balaban J connectivity index is 2.27. The van der Waals surface area contributed by atoms with E-state index < -0.39 is 47.5 Å². The van der Waals surface area contributed by atoms with E-state index in [0.29, 0.717) is 6.42 Å². The quantitative estimate of drug-likeness (QED) is 0.311. The third-order valence-electron chi connectivity index (χ3n) is 5.72. The van der Waals surface area contributed by atoms with Gasteiger partial charge in [-0.05, 0) is 50.7 Å². The summed E-state index contributed by atoms with van der Waals surface area (Å²) < 4.78 is 5.37. The summed E-state index contributed by atoms with van der Waals surface area (Å²) in [7, 11) is 0. The summed E-state index contributed by atoms with van der Waals surface area (Å²) >= 11 is 0. The number of rotatable bonds is 11. The number of carbonyl (C=O) groups excluding carboxylic acids is 4. The molecule has 204 valence electrons. The molecular formula is C27H41N5O5. The van der Waals surface area contributed by atoms with Gasteiger partial charge in [0.15, 0.2) is 0 Å². The zero-order valence-corrected chi connectivity index (χ0v) is 22.8. The Morgan fingerprint density at radius 1 is 0.946 bits per heavy atom. The molecule has 2 rings (SSSR count). The highest BCUT2D eigenvalue weighted by molar-refractivity contribution is 5.94. The summed E-state index contributed by atoms with van der Waals surface area (Å²) in [6, 6.07) is 4.80. The number of ether oxygens (including phenoxy) is 1. The maximum atomic E-state index is 13.5. The van der Waals surface area contributed by atoms with Crippen LogP contribution in [0.1, 0.15) is 60.5 Å². The first-order valence-corrected chi connectivity index (χ1v) is 12.6. The molecular weight excluding hydrogens is 474 g/mol. The monoisotopic (exact) mass is 515 g/mol. The summed E-state index contributed by atoms with van der Waals surface area (Å²) in [5, 5.41) is 9.00. The van der Waals surface area contributed by atoms with E-state index in [-0.39, 0.29) is 18.3 Å². The number of hydrogen-bond acceptors (Lipinski definition) is 5. The lowest BCUT2D eigenvalue weighted by Crippen LogP contribution is -2.58. The first-order chi connectivity index (χ1) is 17.2. The number of fused-ring (bicyclic) bond motifs is 1. The average Bonchev–Trinajstić information content (AvgIpc) is 3.17. The van der Waals surface area contributed by atoms with Crippen LogP contribution in [0.15, 0.2) is 30.5 Å². The zero-order valence-electron chi connectivity index (χ0n) is 22.8. The molecule has 1 heterocycles. The van der Waals surface area contributed by atoms with E-state index in [2.05, 4.69) is 20.9 Å². The second-order valence-corrected chi connectivity index (χ2v) is 11.1. The standard InChI is InChI=1S/C27H41N5O5/c1-15(2)12-20(23(28)33)30-25(35)22(16(3)4)32-24(34)21(31-26(36)37-27(5,6)7)13-17-14-29-19-11-9-8-10-18(17)19/h8-11,14-16,20-22,29H,12-13H2,1-7H3,(H2,28,33)(H,30,35)(H,31,36)(H,32,34)/t20-,21-,22+/m1/s1. The van der Waals surface area contributed by atoms with Crippen molar-refractivity contribution in [3.8, 4) is 0 Å². The zero-order chi connectivity index (χ0) is 27.9. The van der Waals surface area contributed by atoms with Crippen molar-refractivity contribution in [2.45, 2.75) is 85.0 Å². The second kappa shape index (κ2) is 12.6. The van der Waals surface area contributed by atoms with E-state index >= 15 is 0 Å².